The highest BCUT2D eigenvalue weighted by Gasteiger charge is 2.24. The molecule has 1 rings (SSSR count). The maximum Gasteiger partial charge on any atom is 0.101 e. The average Bonchev–Trinajstić information content (AvgIpc) is 2.37. The summed E-state index contributed by atoms with van der Waals surface area (Å²) in [6.07, 6.45) is 3.11. The van der Waals surface area contributed by atoms with Crippen molar-refractivity contribution in [2.75, 3.05) is 11.1 Å². The van der Waals surface area contributed by atoms with E-state index in [9.17, 15) is 0 Å². The maximum absolute atomic E-state index is 9.11. The minimum Gasteiger partial charge on any atom is -0.399 e. The first kappa shape index (κ1) is 13.4. The van der Waals surface area contributed by atoms with E-state index in [0.717, 1.165) is 24.9 Å². The molecule has 0 aliphatic carbocycles. The summed E-state index contributed by atoms with van der Waals surface area (Å²) in [4.78, 5) is 0. The van der Waals surface area contributed by atoms with Crippen molar-refractivity contribution in [2.24, 2.45) is 0 Å². The lowest BCUT2D eigenvalue weighted by Gasteiger charge is -2.33. The number of nitrogen functional groups attached to an aromatic ring is 1. The Hall–Kier alpha value is -1.69. The molecule has 3 nitrogen and oxygen atoms in total. The molecule has 0 aromatic heterocycles. The van der Waals surface area contributed by atoms with Gasteiger partial charge in [0.05, 0.1) is 11.3 Å². The Morgan fingerprint density at radius 3 is 2.29 bits per heavy atom. The van der Waals surface area contributed by atoms with Gasteiger partial charge in [-0.15, -0.1) is 0 Å². The van der Waals surface area contributed by atoms with Crippen LogP contribution in [0.4, 0.5) is 11.4 Å². The topological polar surface area (TPSA) is 61.8 Å². The maximum atomic E-state index is 9.11. The van der Waals surface area contributed by atoms with Gasteiger partial charge in [-0.25, -0.2) is 0 Å². The minimum absolute atomic E-state index is 0.0711. The van der Waals surface area contributed by atoms with Crippen molar-refractivity contribution < 1.29 is 0 Å². The van der Waals surface area contributed by atoms with Gasteiger partial charge < -0.3 is 11.1 Å². The number of nitrogens with one attached hydrogen (secondary N) is 1. The van der Waals surface area contributed by atoms with Gasteiger partial charge in [-0.1, -0.05) is 20.8 Å². The Morgan fingerprint density at radius 2 is 1.82 bits per heavy atom. The van der Waals surface area contributed by atoms with Crippen LogP contribution in [0.1, 0.15) is 45.6 Å². The Kier molecular flexibility index (Phi) is 4.39. The van der Waals surface area contributed by atoms with E-state index in [1.165, 1.54) is 0 Å². The average molecular weight is 231 g/mol. The summed E-state index contributed by atoms with van der Waals surface area (Å²) in [5.41, 5.74) is 7.88. The summed E-state index contributed by atoms with van der Waals surface area (Å²) in [5, 5.41) is 12.6. The smallest absolute Gasteiger partial charge is 0.101 e. The predicted molar refractivity (Wildman–Crippen MR) is 72.8 cm³/mol. The van der Waals surface area contributed by atoms with Crippen LogP contribution in [0.5, 0.6) is 0 Å². The first-order chi connectivity index (χ1) is 8.10. The van der Waals surface area contributed by atoms with E-state index >= 15 is 0 Å². The van der Waals surface area contributed by atoms with Crippen molar-refractivity contribution in [3.8, 4) is 6.07 Å². The second-order valence-corrected chi connectivity index (χ2v) is 4.38. The molecule has 17 heavy (non-hydrogen) atoms. The lowest BCUT2D eigenvalue weighted by Crippen LogP contribution is -2.36. The molecule has 3 heteroatoms. The SMILES string of the molecule is CCC(CC)(CC)Nc1ccc(N)cc1C#N. The molecule has 0 heterocycles. The summed E-state index contributed by atoms with van der Waals surface area (Å²) >= 11 is 0. The molecule has 1 aromatic rings. The van der Waals surface area contributed by atoms with Crippen LogP contribution in [0, 0.1) is 11.3 Å². The van der Waals surface area contributed by atoms with E-state index < -0.39 is 0 Å². The molecule has 0 bridgehead atoms. The van der Waals surface area contributed by atoms with Gasteiger partial charge in [0.15, 0.2) is 0 Å². The molecule has 0 aliphatic rings. The van der Waals surface area contributed by atoms with Crippen molar-refractivity contribution in [3.63, 3.8) is 0 Å². The first-order valence-electron chi connectivity index (χ1n) is 6.18. The lowest BCUT2D eigenvalue weighted by atomic mass is 9.89. The molecule has 0 spiro atoms. The van der Waals surface area contributed by atoms with Gasteiger partial charge >= 0.3 is 0 Å². The summed E-state index contributed by atoms with van der Waals surface area (Å²) in [5.74, 6) is 0. The summed E-state index contributed by atoms with van der Waals surface area (Å²) < 4.78 is 0. The second-order valence-electron chi connectivity index (χ2n) is 4.38. The van der Waals surface area contributed by atoms with E-state index in [1.54, 1.807) is 6.07 Å². The molecule has 0 aliphatic heterocycles. The number of nitrogens with zero attached hydrogens (tertiary/aromatic N) is 1. The Balaban J connectivity index is 3.06. The zero-order valence-corrected chi connectivity index (χ0v) is 10.9. The van der Waals surface area contributed by atoms with Crippen LogP contribution in [0.15, 0.2) is 18.2 Å². The molecule has 0 fully saturated rings. The van der Waals surface area contributed by atoms with Crippen LogP contribution in [-0.4, -0.2) is 5.54 Å². The number of benzene rings is 1. The van der Waals surface area contributed by atoms with Crippen molar-refractivity contribution in [3.05, 3.63) is 23.8 Å². The van der Waals surface area contributed by atoms with Crippen molar-refractivity contribution >= 4 is 11.4 Å². The Labute approximate surface area is 104 Å². The molecular weight excluding hydrogens is 210 g/mol. The third kappa shape index (κ3) is 2.91. The zero-order chi connectivity index (χ0) is 12.9. The molecule has 92 valence electrons. The van der Waals surface area contributed by atoms with Gasteiger partial charge in [0.1, 0.15) is 6.07 Å². The molecule has 0 radical (unpaired) electrons. The lowest BCUT2D eigenvalue weighted by molar-refractivity contribution is 0.420. The van der Waals surface area contributed by atoms with Crippen LogP contribution in [0.2, 0.25) is 0 Å². The van der Waals surface area contributed by atoms with Crippen LogP contribution < -0.4 is 11.1 Å². The number of rotatable bonds is 5. The molecule has 0 amide bonds. The molecule has 1 aromatic carbocycles. The van der Waals surface area contributed by atoms with Gasteiger partial charge in [0, 0.05) is 11.2 Å². The standard InChI is InChI=1S/C14H21N3/c1-4-14(5-2,6-3)17-13-8-7-12(16)9-11(13)10-15/h7-9,17H,4-6,16H2,1-3H3. The zero-order valence-electron chi connectivity index (χ0n) is 10.9. The van der Waals surface area contributed by atoms with Gasteiger partial charge in [0.25, 0.3) is 0 Å². The number of nitriles is 1. The number of hydrogen-bond donors (Lipinski definition) is 2. The van der Waals surface area contributed by atoms with Gasteiger partial charge in [-0.3, -0.25) is 0 Å². The third-order valence-electron chi connectivity index (χ3n) is 3.59. The van der Waals surface area contributed by atoms with E-state index in [0.29, 0.717) is 11.3 Å². The van der Waals surface area contributed by atoms with E-state index in [2.05, 4.69) is 32.2 Å². The highest BCUT2D eigenvalue weighted by Crippen LogP contribution is 2.28. The van der Waals surface area contributed by atoms with E-state index in [4.69, 9.17) is 11.0 Å². The number of nitrogens with two attached hydrogens (primary N) is 1. The molecule has 0 atom stereocenters. The monoisotopic (exact) mass is 231 g/mol. The largest absolute Gasteiger partial charge is 0.399 e. The molecule has 0 unspecified atom stereocenters. The van der Waals surface area contributed by atoms with Crippen molar-refractivity contribution in [2.45, 2.75) is 45.6 Å². The molecule has 0 saturated heterocycles. The summed E-state index contributed by atoms with van der Waals surface area (Å²) in [6.45, 7) is 6.51. The third-order valence-corrected chi connectivity index (χ3v) is 3.59. The van der Waals surface area contributed by atoms with Crippen LogP contribution >= 0.6 is 0 Å². The quantitative estimate of drug-likeness (QED) is 0.762. The van der Waals surface area contributed by atoms with Crippen LogP contribution in [-0.2, 0) is 0 Å². The fourth-order valence-corrected chi connectivity index (χ4v) is 2.06. The normalized spacial score (nSPS) is 10.9. The second kappa shape index (κ2) is 5.58. The number of hydrogen-bond acceptors (Lipinski definition) is 3. The number of anilines is 2. The first-order valence-corrected chi connectivity index (χ1v) is 6.18. The highest BCUT2D eigenvalue weighted by molar-refractivity contribution is 5.63. The van der Waals surface area contributed by atoms with E-state index in [1.807, 2.05) is 12.1 Å². The highest BCUT2D eigenvalue weighted by atomic mass is 15.0. The van der Waals surface area contributed by atoms with Gasteiger partial charge in [-0.2, -0.15) is 5.26 Å². The van der Waals surface area contributed by atoms with Crippen molar-refractivity contribution in [1.82, 2.24) is 0 Å². The van der Waals surface area contributed by atoms with Gasteiger partial charge in [0.2, 0.25) is 0 Å². The van der Waals surface area contributed by atoms with Crippen LogP contribution in [0.3, 0.4) is 0 Å². The van der Waals surface area contributed by atoms with Crippen LogP contribution in [0.25, 0.3) is 0 Å². The minimum atomic E-state index is 0.0711. The Bertz CT molecular complexity index is 406. The molecule has 3 N–H and O–H groups in total. The molecular formula is C14H21N3. The Morgan fingerprint density at radius 1 is 1.24 bits per heavy atom. The van der Waals surface area contributed by atoms with E-state index in [-0.39, 0.29) is 5.54 Å². The fraction of sp³-hybridized carbons (Fsp3) is 0.500. The molecule has 0 saturated carbocycles. The summed E-state index contributed by atoms with van der Waals surface area (Å²) in [6, 6.07) is 7.63. The predicted octanol–water partition coefficient (Wildman–Crippen LogP) is 3.52. The fourth-order valence-electron chi connectivity index (χ4n) is 2.06. The van der Waals surface area contributed by atoms with Gasteiger partial charge in [-0.05, 0) is 37.5 Å². The van der Waals surface area contributed by atoms with Crippen molar-refractivity contribution in [1.29, 1.82) is 5.26 Å². The summed E-state index contributed by atoms with van der Waals surface area (Å²) in [7, 11) is 0.